The van der Waals surface area contributed by atoms with Crippen molar-refractivity contribution in [3.63, 3.8) is 0 Å². The first-order chi connectivity index (χ1) is 19.8. The second kappa shape index (κ2) is 31.1. The minimum atomic E-state index is -2.41. The molecule has 0 bridgehead atoms. The van der Waals surface area contributed by atoms with Crippen LogP contribution < -0.4 is 14.7 Å². The Morgan fingerprint density at radius 1 is 0.349 bits per heavy atom. The van der Waals surface area contributed by atoms with Crippen LogP contribution in [0.25, 0.3) is 0 Å². The molecule has 3 unspecified atom stereocenters. The monoisotopic (exact) mass is 687 g/mol. The van der Waals surface area contributed by atoms with Crippen LogP contribution in [0.15, 0.2) is 0 Å². The Labute approximate surface area is 277 Å². The molecule has 0 aromatic rings. The first-order valence-corrected chi connectivity index (χ1v) is 19.4. The molecule has 43 heavy (non-hydrogen) atoms. The molecule has 0 spiro atoms. The van der Waals surface area contributed by atoms with E-state index in [2.05, 4.69) is 0 Å². The predicted molar refractivity (Wildman–Crippen MR) is 177 cm³/mol. The van der Waals surface area contributed by atoms with Gasteiger partial charge in [-0.05, 0) is 0 Å². The van der Waals surface area contributed by atoms with E-state index in [1.807, 2.05) is 112 Å². The summed E-state index contributed by atoms with van der Waals surface area (Å²) in [7, 11) is -7.24. The first kappa shape index (κ1) is 50.3. The fourth-order valence-corrected chi connectivity index (χ4v) is 8.35. The van der Waals surface area contributed by atoms with Crippen LogP contribution in [0.3, 0.4) is 0 Å². The maximum atomic E-state index is 11.2. The van der Waals surface area contributed by atoms with Gasteiger partial charge in [-0.15, -0.1) is 0 Å². The smallest absolute Gasteiger partial charge is 0.593 e. The number of hydrogen-bond donors (Lipinski definition) is 0. The van der Waals surface area contributed by atoms with Gasteiger partial charge in [-0.2, -0.15) is 0 Å². The summed E-state index contributed by atoms with van der Waals surface area (Å²) in [6.45, 7) is 33.0. The van der Waals surface area contributed by atoms with Gasteiger partial charge in [0, 0.05) is 78.5 Å². The minimum Gasteiger partial charge on any atom is -0.593 e. The van der Waals surface area contributed by atoms with Crippen molar-refractivity contribution in [2.45, 2.75) is 101 Å². The Kier molecular flexibility index (Phi) is 36.4. The molecule has 0 saturated carbocycles. The topological polar surface area (TPSA) is 140 Å². The van der Waals surface area contributed by atoms with Crippen molar-refractivity contribution in [3.05, 3.63) is 0 Å². The Hall–Kier alpha value is 0.472. The fourth-order valence-electron chi connectivity index (χ4n) is 4.79. The van der Waals surface area contributed by atoms with Crippen LogP contribution in [0.4, 0.5) is 0 Å². The van der Waals surface area contributed by atoms with Crippen LogP contribution in [0, 0.1) is 0 Å². The van der Waals surface area contributed by atoms with Crippen LogP contribution in [-0.2, 0) is 13.7 Å². The third kappa shape index (κ3) is 19.0. The van der Waals surface area contributed by atoms with Crippen molar-refractivity contribution in [1.29, 1.82) is 0 Å². The Bertz CT molecular complexity index is 572. The molecule has 252 valence electrons. The van der Waals surface area contributed by atoms with E-state index in [4.69, 9.17) is 0 Å². The van der Waals surface area contributed by atoms with E-state index in [1.165, 1.54) is 0 Å². The molecule has 0 aromatic heterocycles. The third-order valence-electron chi connectivity index (χ3n) is 7.40. The van der Waals surface area contributed by atoms with E-state index >= 15 is 0 Å². The Balaban J connectivity index is -0.000000262. The second-order valence-electron chi connectivity index (χ2n) is 9.22. The van der Waals surface area contributed by atoms with Gasteiger partial charge in [0.05, 0.1) is 0 Å². The first-order valence-electron chi connectivity index (χ1n) is 15.7. The van der Waals surface area contributed by atoms with E-state index < -0.39 is 41.8 Å². The SMILES string of the molecule is CCN(CC)C(N(CC)CC)[P+](=O)[O-].CCN(CC)C(N(CC)CC)[P+](=O)[O-].CCN(CC)C(N(CC)CC)[P+](=O)[O-].[Al+3]. The van der Waals surface area contributed by atoms with E-state index in [0.717, 1.165) is 78.5 Å². The largest absolute Gasteiger partial charge is 3.00 e. The van der Waals surface area contributed by atoms with E-state index in [0.29, 0.717) is 0 Å². The van der Waals surface area contributed by atoms with Gasteiger partial charge in [-0.1, -0.05) is 96.8 Å². The summed E-state index contributed by atoms with van der Waals surface area (Å²) in [5.41, 5.74) is 0. The summed E-state index contributed by atoms with van der Waals surface area (Å²) < 4.78 is 33.5. The second-order valence-corrected chi connectivity index (χ2v) is 12.3. The molecule has 0 N–H and O–H groups in total. The predicted octanol–water partition coefficient (Wildman–Crippen LogP) is 2.79. The van der Waals surface area contributed by atoms with Gasteiger partial charge >= 0.3 is 41.4 Å². The van der Waals surface area contributed by atoms with Crippen molar-refractivity contribution in [2.75, 3.05) is 78.5 Å². The van der Waals surface area contributed by atoms with Crippen LogP contribution in [-0.4, -0.2) is 143 Å². The van der Waals surface area contributed by atoms with Gasteiger partial charge in [0.25, 0.3) is 17.7 Å². The van der Waals surface area contributed by atoms with Crippen molar-refractivity contribution in [2.24, 2.45) is 0 Å². The van der Waals surface area contributed by atoms with Crippen LogP contribution in [0.1, 0.15) is 83.1 Å². The molecule has 0 aliphatic rings. The average molecular weight is 688 g/mol. The van der Waals surface area contributed by atoms with Crippen molar-refractivity contribution in [3.8, 4) is 0 Å². The molecule has 0 aliphatic heterocycles. The molecule has 16 heteroatoms. The molecule has 0 fully saturated rings. The van der Waals surface area contributed by atoms with Crippen LogP contribution in [0.2, 0.25) is 0 Å². The van der Waals surface area contributed by atoms with Gasteiger partial charge in [0.2, 0.25) is 0 Å². The summed E-state index contributed by atoms with van der Waals surface area (Å²) in [5.74, 6) is -1.31. The Morgan fingerprint density at radius 2 is 0.442 bits per heavy atom. The van der Waals surface area contributed by atoms with E-state index in [-0.39, 0.29) is 17.4 Å². The molecule has 3 atom stereocenters. The fraction of sp³-hybridized carbons (Fsp3) is 1.00. The number of hydrogen-bond acceptors (Lipinski definition) is 12. The normalized spacial score (nSPS) is 12.7. The summed E-state index contributed by atoms with van der Waals surface area (Å²) in [6.07, 6.45) is 0. The number of rotatable bonds is 21. The summed E-state index contributed by atoms with van der Waals surface area (Å²) in [6, 6.07) is 0. The van der Waals surface area contributed by atoms with Crippen molar-refractivity contribution >= 4 is 41.4 Å². The van der Waals surface area contributed by atoms with Gasteiger partial charge in [-0.3, -0.25) is 0 Å². The molecule has 0 aliphatic carbocycles. The van der Waals surface area contributed by atoms with Crippen LogP contribution >= 0.6 is 24.1 Å². The van der Waals surface area contributed by atoms with Gasteiger partial charge < -0.3 is 14.7 Å². The zero-order valence-corrected chi connectivity index (χ0v) is 33.1. The third-order valence-corrected chi connectivity index (χ3v) is 10.5. The van der Waals surface area contributed by atoms with Crippen molar-refractivity contribution < 1.29 is 28.4 Å². The van der Waals surface area contributed by atoms with Gasteiger partial charge in [-0.25, -0.2) is 29.4 Å². The summed E-state index contributed by atoms with van der Waals surface area (Å²) >= 11 is 0. The maximum absolute atomic E-state index is 11.2. The molecule has 0 radical (unpaired) electrons. The molecule has 0 heterocycles. The molecule has 0 rings (SSSR count). The summed E-state index contributed by atoms with van der Waals surface area (Å²) in [4.78, 5) is 45.3. The molecular weight excluding hydrogens is 624 g/mol. The molecule has 0 amide bonds. The zero-order valence-electron chi connectivity index (χ0n) is 29.3. The maximum Gasteiger partial charge on any atom is 3.00 e. The van der Waals surface area contributed by atoms with Crippen LogP contribution in [0.5, 0.6) is 0 Å². The Morgan fingerprint density at radius 3 is 0.488 bits per heavy atom. The van der Waals surface area contributed by atoms with E-state index in [9.17, 15) is 28.4 Å². The summed E-state index contributed by atoms with van der Waals surface area (Å²) in [5, 5.41) is 0. The molecule has 0 saturated heterocycles. The van der Waals surface area contributed by atoms with Gasteiger partial charge in [0.15, 0.2) is 0 Å². The number of nitrogens with zero attached hydrogens (tertiary/aromatic N) is 6. The van der Waals surface area contributed by atoms with E-state index in [1.54, 1.807) is 0 Å². The quantitative estimate of drug-likeness (QED) is 0.0996. The zero-order chi connectivity index (χ0) is 33.4. The minimum absolute atomic E-state index is 0. The van der Waals surface area contributed by atoms with Crippen molar-refractivity contribution in [1.82, 2.24) is 29.4 Å². The average Bonchev–Trinajstić information content (AvgIpc) is 2.98. The molecule has 12 nitrogen and oxygen atoms in total. The standard InChI is InChI=1S/3C9H21N2O2P.Al/c3*1-5-10(6-2)9(14(12)13)11(7-3)8-4;/h3*9H,5-8H2,1-4H3;/q;;;+3. The molecular formula is C27H63AlN6O6P3+3. The van der Waals surface area contributed by atoms with Gasteiger partial charge in [0.1, 0.15) is 0 Å². The molecule has 0 aromatic carbocycles.